The summed E-state index contributed by atoms with van der Waals surface area (Å²) in [6, 6.07) is 14.2. The first-order chi connectivity index (χ1) is 14.8. The van der Waals surface area contributed by atoms with E-state index in [1.54, 1.807) is 11.5 Å². The van der Waals surface area contributed by atoms with Crippen molar-refractivity contribution in [3.8, 4) is 0 Å². The minimum absolute atomic E-state index is 0.00935. The maximum Gasteiger partial charge on any atom is 0.272 e. The zero-order valence-corrected chi connectivity index (χ0v) is 19.1. The molecule has 1 heterocycles. The predicted octanol–water partition coefficient (Wildman–Crippen LogP) is 3.35. The van der Waals surface area contributed by atoms with Gasteiger partial charge in [-0.2, -0.15) is 0 Å². The van der Waals surface area contributed by atoms with Crippen LogP contribution >= 0.6 is 0 Å². The van der Waals surface area contributed by atoms with E-state index in [1.807, 2.05) is 44.2 Å². The quantitative estimate of drug-likeness (QED) is 0.607. The van der Waals surface area contributed by atoms with E-state index in [4.69, 9.17) is 0 Å². The van der Waals surface area contributed by atoms with Crippen molar-refractivity contribution in [2.45, 2.75) is 53.2 Å². The van der Waals surface area contributed by atoms with Crippen molar-refractivity contribution in [2.24, 2.45) is 0 Å². The standard InChI is InChI=1S/C25H32N4O2/c1-6-21(15-28(5)14-20-10-8-7-9-11-20)27-24(30)16-29-23-13-18(3)17(2)12-22(23)26-19(4)25(29)31/h7-13,21H,6,14-16H2,1-5H3,(H,27,30). The molecular formula is C25H32N4O2. The van der Waals surface area contributed by atoms with E-state index in [-0.39, 0.29) is 24.1 Å². The summed E-state index contributed by atoms with van der Waals surface area (Å²) in [6.07, 6.45) is 0.814. The molecule has 0 spiro atoms. The second kappa shape index (κ2) is 9.88. The maximum absolute atomic E-state index is 12.9. The number of nitrogens with one attached hydrogen (secondary N) is 1. The number of aromatic nitrogens is 2. The summed E-state index contributed by atoms with van der Waals surface area (Å²) < 4.78 is 1.54. The van der Waals surface area contributed by atoms with Crippen LogP contribution in [0.15, 0.2) is 47.3 Å². The smallest absolute Gasteiger partial charge is 0.272 e. The fourth-order valence-electron chi connectivity index (χ4n) is 3.81. The Balaban J connectivity index is 1.73. The van der Waals surface area contributed by atoms with E-state index in [1.165, 1.54) is 5.56 Å². The molecule has 1 N–H and O–H groups in total. The van der Waals surface area contributed by atoms with E-state index >= 15 is 0 Å². The van der Waals surface area contributed by atoms with Gasteiger partial charge in [-0.25, -0.2) is 4.98 Å². The Labute approximate surface area is 183 Å². The van der Waals surface area contributed by atoms with Gasteiger partial charge in [-0.05, 0) is 63.1 Å². The van der Waals surface area contributed by atoms with Gasteiger partial charge in [-0.3, -0.25) is 14.2 Å². The zero-order chi connectivity index (χ0) is 22.5. The minimum atomic E-state index is -0.222. The van der Waals surface area contributed by atoms with Crippen LogP contribution in [-0.4, -0.2) is 40.0 Å². The lowest BCUT2D eigenvalue weighted by Crippen LogP contribution is -2.44. The molecule has 0 radical (unpaired) electrons. The molecule has 3 rings (SSSR count). The molecule has 0 aliphatic rings. The normalized spacial score (nSPS) is 12.3. The summed E-state index contributed by atoms with van der Waals surface area (Å²) >= 11 is 0. The van der Waals surface area contributed by atoms with Crippen molar-refractivity contribution in [1.82, 2.24) is 19.8 Å². The zero-order valence-electron chi connectivity index (χ0n) is 19.1. The van der Waals surface area contributed by atoms with Crippen molar-refractivity contribution in [3.05, 3.63) is 75.2 Å². The van der Waals surface area contributed by atoms with Crippen LogP contribution in [0.5, 0.6) is 0 Å². The van der Waals surface area contributed by atoms with Gasteiger partial charge >= 0.3 is 0 Å². The lowest BCUT2D eigenvalue weighted by atomic mass is 10.1. The van der Waals surface area contributed by atoms with Gasteiger partial charge in [0.25, 0.3) is 5.56 Å². The summed E-state index contributed by atoms with van der Waals surface area (Å²) in [5.41, 5.74) is 5.04. The minimum Gasteiger partial charge on any atom is -0.351 e. The maximum atomic E-state index is 12.9. The van der Waals surface area contributed by atoms with Gasteiger partial charge in [-0.1, -0.05) is 37.3 Å². The SMILES string of the molecule is CCC(CN(C)Cc1ccccc1)NC(=O)Cn1c(=O)c(C)nc2cc(C)c(C)cc21. The summed E-state index contributed by atoms with van der Waals surface area (Å²) in [4.78, 5) is 32.3. The molecule has 1 unspecified atom stereocenters. The topological polar surface area (TPSA) is 67.2 Å². The monoisotopic (exact) mass is 420 g/mol. The molecule has 0 aliphatic carbocycles. The third-order valence-corrected chi connectivity index (χ3v) is 5.71. The number of nitrogens with zero attached hydrogens (tertiary/aromatic N) is 3. The van der Waals surface area contributed by atoms with E-state index < -0.39 is 0 Å². The lowest BCUT2D eigenvalue weighted by molar-refractivity contribution is -0.122. The molecular weight excluding hydrogens is 388 g/mol. The van der Waals surface area contributed by atoms with Gasteiger partial charge in [0.1, 0.15) is 12.2 Å². The van der Waals surface area contributed by atoms with Crippen molar-refractivity contribution in [2.75, 3.05) is 13.6 Å². The van der Waals surface area contributed by atoms with Crippen LogP contribution in [-0.2, 0) is 17.9 Å². The molecule has 0 saturated carbocycles. The van der Waals surface area contributed by atoms with Crippen LogP contribution in [0, 0.1) is 20.8 Å². The molecule has 6 heteroatoms. The van der Waals surface area contributed by atoms with E-state index in [0.29, 0.717) is 11.2 Å². The van der Waals surface area contributed by atoms with Gasteiger partial charge in [0.15, 0.2) is 0 Å². The summed E-state index contributed by atoms with van der Waals surface area (Å²) in [6.45, 7) is 9.31. The number of rotatable bonds is 8. The fourth-order valence-corrected chi connectivity index (χ4v) is 3.81. The van der Waals surface area contributed by atoms with Crippen LogP contribution in [0.2, 0.25) is 0 Å². The van der Waals surface area contributed by atoms with Crippen LogP contribution in [0.3, 0.4) is 0 Å². The lowest BCUT2D eigenvalue weighted by Gasteiger charge is -2.24. The molecule has 3 aromatic rings. The molecule has 0 bridgehead atoms. The Hall–Kier alpha value is -2.99. The van der Waals surface area contributed by atoms with E-state index in [2.05, 4.69) is 41.3 Å². The molecule has 1 amide bonds. The van der Waals surface area contributed by atoms with Gasteiger partial charge in [0.2, 0.25) is 5.91 Å². The van der Waals surface area contributed by atoms with Gasteiger partial charge in [0.05, 0.1) is 11.0 Å². The molecule has 164 valence electrons. The van der Waals surface area contributed by atoms with Crippen molar-refractivity contribution in [3.63, 3.8) is 0 Å². The van der Waals surface area contributed by atoms with E-state index in [9.17, 15) is 9.59 Å². The first-order valence-corrected chi connectivity index (χ1v) is 10.8. The fraction of sp³-hybridized carbons (Fsp3) is 0.400. The second-order valence-corrected chi connectivity index (χ2v) is 8.37. The van der Waals surface area contributed by atoms with Gasteiger partial charge in [-0.15, -0.1) is 0 Å². The molecule has 0 saturated heterocycles. The highest BCUT2D eigenvalue weighted by Crippen LogP contribution is 2.17. The number of likely N-dealkylation sites (N-methyl/N-ethyl adjacent to an activating group) is 1. The van der Waals surface area contributed by atoms with Crippen LogP contribution in [0.25, 0.3) is 11.0 Å². The molecule has 1 aromatic heterocycles. The number of aryl methyl sites for hydroxylation is 3. The van der Waals surface area contributed by atoms with Crippen LogP contribution < -0.4 is 10.9 Å². The van der Waals surface area contributed by atoms with Gasteiger partial charge in [0, 0.05) is 19.1 Å². The summed E-state index contributed by atoms with van der Waals surface area (Å²) in [5, 5.41) is 3.11. The Morgan fingerprint density at radius 2 is 1.81 bits per heavy atom. The van der Waals surface area contributed by atoms with Crippen LogP contribution in [0.1, 0.15) is 35.7 Å². The number of amides is 1. The highest BCUT2D eigenvalue weighted by molar-refractivity contribution is 5.81. The average Bonchev–Trinajstić information content (AvgIpc) is 2.73. The highest BCUT2D eigenvalue weighted by atomic mass is 16.2. The number of benzene rings is 2. The van der Waals surface area contributed by atoms with E-state index in [0.717, 1.165) is 36.2 Å². The first-order valence-electron chi connectivity index (χ1n) is 10.8. The molecule has 31 heavy (non-hydrogen) atoms. The Bertz CT molecular complexity index is 1120. The average molecular weight is 421 g/mol. The largest absolute Gasteiger partial charge is 0.351 e. The molecule has 2 aromatic carbocycles. The molecule has 0 fully saturated rings. The first kappa shape index (κ1) is 22.7. The third-order valence-electron chi connectivity index (χ3n) is 5.71. The number of hydrogen-bond donors (Lipinski definition) is 1. The summed E-state index contributed by atoms with van der Waals surface area (Å²) in [7, 11) is 2.05. The molecule has 1 atom stereocenters. The number of carbonyl (C=O) groups excluding carboxylic acids is 1. The van der Waals surface area contributed by atoms with Crippen LogP contribution in [0.4, 0.5) is 0 Å². The van der Waals surface area contributed by atoms with Crippen molar-refractivity contribution >= 4 is 16.9 Å². The second-order valence-electron chi connectivity index (χ2n) is 8.37. The molecule has 6 nitrogen and oxygen atoms in total. The predicted molar refractivity (Wildman–Crippen MR) is 125 cm³/mol. The van der Waals surface area contributed by atoms with Crippen molar-refractivity contribution < 1.29 is 4.79 Å². The van der Waals surface area contributed by atoms with Gasteiger partial charge < -0.3 is 10.2 Å². The third kappa shape index (κ3) is 5.58. The number of carbonyl (C=O) groups is 1. The molecule has 0 aliphatic heterocycles. The Morgan fingerprint density at radius 3 is 2.48 bits per heavy atom. The Kier molecular flexibility index (Phi) is 7.23. The Morgan fingerprint density at radius 1 is 1.13 bits per heavy atom. The van der Waals surface area contributed by atoms with Crippen molar-refractivity contribution in [1.29, 1.82) is 0 Å². The number of hydrogen-bond acceptors (Lipinski definition) is 4. The summed E-state index contributed by atoms with van der Waals surface area (Å²) in [5.74, 6) is -0.160. The highest BCUT2D eigenvalue weighted by Gasteiger charge is 2.16. The number of fused-ring (bicyclic) bond motifs is 1.